The van der Waals surface area contributed by atoms with Gasteiger partial charge in [0.05, 0.1) is 12.0 Å². The van der Waals surface area contributed by atoms with E-state index in [-0.39, 0.29) is 18.0 Å². The molecule has 3 aliphatic rings. The van der Waals surface area contributed by atoms with Crippen LogP contribution in [0.15, 0.2) is 0 Å². The smallest absolute Gasteiger partial charge is 0.309 e. The quantitative estimate of drug-likeness (QED) is 0.662. The summed E-state index contributed by atoms with van der Waals surface area (Å²) in [6.07, 6.45) is 5.65. The van der Waals surface area contributed by atoms with Crippen molar-refractivity contribution in [3.8, 4) is 0 Å². The number of carbonyl (C=O) groups excluding carboxylic acids is 1. The Morgan fingerprint density at radius 3 is 2.11 bits per heavy atom. The van der Waals surface area contributed by atoms with Crippen LogP contribution in [0.5, 0.6) is 0 Å². The molecule has 1 N–H and O–H groups in total. The Hall–Kier alpha value is -0.570. The highest BCUT2D eigenvalue weighted by Gasteiger charge is 2.58. The van der Waals surface area contributed by atoms with Gasteiger partial charge in [-0.15, -0.1) is 0 Å². The number of ether oxygens (including phenoxy) is 1. The van der Waals surface area contributed by atoms with E-state index >= 15 is 0 Å². The summed E-state index contributed by atoms with van der Waals surface area (Å²) in [5.41, 5.74) is -0.110. The first kappa shape index (κ1) is 21.1. The van der Waals surface area contributed by atoms with Gasteiger partial charge in [0, 0.05) is 0 Å². The zero-order valence-corrected chi connectivity index (χ0v) is 18.6. The number of carbonyl (C=O) groups is 1. The number of fused-ring (bicyclic) bond motifs is 2. The van der Waals surface area contributed by atoms with Crippen LogP contribution in [0, 0.1) is 46.8 Å². The molecule has 0 aromatic carbocycles. The third-order valence-electron chi connectivity index (χ3n) is 8.18. The second-order valence-corrected chi connectivity index (χ2v) is 11.7. The number of hydrogen-bond donors (Lipinski definition) is 1. The number of aliphatic hydroxyl groups excluding tert-OH is 1. The van der Waals surface area contributed by atoms with Crippen LogP contribution in [0.1, 0.15) is 87.0 Å². The molecule has 0 aromatic rings. The van der Waals surface area contributed by atoms with Gasteiger partial charge in [-0.2, -0.15) is 0 Å². The molecule has 2 bridgehead atoms. The first-order valence-electron chi connectivity index (χ1n) is 11.3. The summed E-state index contributed by atoms with van der Waals surface area (Å²) in [6.45, 7) is 16.0. The molecule has 3 rings (SSSR count). The van der Waals surface area contributed by atoms with Gasteiger partial charge in [0.25, 0.3) is 0 Å². The molecule has 3 nitrogen and oxygen atoms in total. The van der Waals surface area contributed by atoms with Gasteiger partial charge >= 0.3 is 5.97 Å². The van der Waals surface area contributed by atoms with E-state index in [1.54, 1.807) is 0 Å². The van der Waals surface area contributed by atoms with Gasteiger partial charge in [-0.3, -0.25) is 4.79 Å². The summed E-state index contributed by atoms with van der Waals surface area (Å²) in [7, 11) is 0. The molecule has 5 unspecified atom stereocenters. The molecule has 0 aromatic heterocycles. The monoisotopic (exact) mass is 378 g/mol. The van der Waals surface area contributed by atoms with Gasteiger partial charge in [0.2, 0.25) is 0 Å². The van der Waals surface area contributed by atoms with Crippen LogP contribution in [0.25, 0.3) is 0 Å². The lowest BCUT2D eigenvalue weighted by Crippen LogP contribution is -2.45. The summed E-state index contributed by atoms with van der Waals surface area (Å²) in [5.74, 6) is 3.66. The second kappa shape index (κ2) is 7.35. The van der Waals surface area contributed by atoms with E-state index in [2.05, 4.69) is 48.5 Å². The summed E-state index contributed by atoms with van der Waals surface area (Å²) in [6, 6.07) is 0. The lowest BCUT2D eigenvalue weighted by molar-refractivity contribution is -0.173. The van der Waals surface area contributed by atoms with E-state index in [0.29, 0.717) is 35.0 Å². The predicted molar refractivity (Wildman–Crippen MR) is 109 cm³/mol. The zero-order valence-electron chi connectivity index (χ0n) is 18.6. The van der Waals surface area contributed by atoms with Crippen LogP contribution in [-0.2, 0) is 9.53 Å². The Balaban J connectivity index is 1.68. The molecule has 0 radical (unpaired) electrons. The van der Waals surface area contributed by atoms with Gasteiger partial charge in [-0.05, 0) is 93.3 Å². The molecule has 0 aliphatic heterocycles. The van der Waals surface area contributed by atoms with E-state index in [4.69, 9.17) is 4.74 Å². The third-order valence-corrected chi connectivity index (χ3v) is 8.18. The number of rotatable bonds is 4. The van der Waals surface area contributed by atoms with Crippen LogP contribution < -0.4 is 0 Å². The molecule has 0 heterocycles. The van der Waals surface area contributed by atoms with Crippen molar-refractivity contribution < 1.29 is 14.6 Å². The Kier molecular flexibility index (Phi) is 5.76. The van der Waals surface area contributed by atoms with Gasteiger partial charge in [-0.25, -0.2) is 0 Å². The van der Waals surface area contributed by atoms with E-state index in [9.17, 15) is 9.90 Å². The molecule has 156 valence electrons. The molecule has 0 saturated heterocycles. The minimum atomic E-state index is -0.421. The summed E-state index contributed by atoms with van der Waals surface area (Å²) < 4.78 is 6.18. The molecule has 0 spiro atoms. The van der Waals surface area contributed by atoms with Crippen molar-refractivity contribution in [3.05, 3.63) is 0 Å². The van der Waals surface area contributed by atoms with Crippen molar-refractivity contribution in [2.45, 2.75) is 98.7 Å². The van der Waals surface area contributed by atoms with Crippen LogP contribution in [0.3, 0.4) is 0 Å². The Morgan fingerprint density at radius 2 is 1.59 bits per heavy atom. The molecule has 3 fully saturated rings. The third kappa shape index (κ3) is 4.09. The topological polar surface area (TPSA) is 46.5 Å². The van der Waals surface area contributed by atoms with Gasteiger partial charge in [-0.1, -0.05) is 34.6 Å². The molecule has 3 heteroatoms. The standard InChI is InChI=1S/C24H42O3/c1-14(2)20-18-12-15(21(20)23(3,4)5)13-19(18)22(26)27-24(6,7)16-8-10-17(25)11-9-16/h14-21,25H,8-13H2,1-7H3. The molecular formula is C24H42O3. The van der Waals surface area contributed by atoms with Gasteiger partial charge < -0.3 is 9.84 Å². The van der Waals surface area contributed by atoms with Crippen LogP contribution >= 0.6 is 0 Å². The molecule has 5 atom stereocenters. The van der Waals surface area contributed by atoms with Gasteiger partial charge in [0.1, 0.15) is 5.60 Å². The predicted octanol–water partition coefficient (Wildman–Crippen LogP) is 5.45. The van der Waals surface area contributed by atoms with Crippen molar-refractivity contribution in [1.29, 1.82) is 0 Å². The highest BCUT2D eigenvalue weighted by atomic mass is 16.6. The Morgan fingerprint density at radius 1 is 1.00 bits per heavy atom. The second-order valence-electron chi connectivity index (χ2n) is 11.7. The minimum Gasteiger partial charge on any atom is -0.459 e. The maximum atomic E-state index is 13.2. The average Bonchev–Trinajstić information content (AvgIpc) is 3.12. The summed E-state index contributed by atoms with van der Waals surface area (Å²) in [5, 5.41) is 9.78. The number of aliphatic hydroxyl groups is 1. The highest BCUT2D eigenvalue weighted by molar-refractivity contribution is 5.74. The van der Waals surface area contributed by atoms with E-state index < -0.39 is 5.60 Å². The van der Waals surface area contributed by atoms with Crippen LogP contribution in [0.4, 0.5) is 0 Å². The molecule has 3 aliphatic carbocycles. The highest BCUT2D eigenvalue weighted by Crippen LogP contribution is 2.62. The summed E-state index contributed by atoms with van der Waals surface area (Å²) in [4.78, 5) is 13.2. The first-order chi connectivity index (χ1) is 12.4. The van der Waals surface area contributed by atoms with Crippen molar-refractivity contribution >= 4 is 5.97 Å². The Labute approximate surface area is 166 Å². The normalized spacial score (nSPS) is 39.8. The zero-order chi connectivity index (χ0) is 20.1. The fourth-order valence-corrected chi connectivity index (χ4v) is 7.06. The molecule has 27 heavy (non-hydrogen) atoms. The fraction of sp³-hybridized carbons (Fsp3) is 0.958. The summed E-state index contributed by atoms with van der Waals surface area (Å²) >= 11 is 0. The van der Waals surface area contributed by atoms with Crippen molar-refractivity contribution in [3.63, 3.8) is 0 Å². The van der Waals surface area contributed by atoms with E-state index in [1.165, 1.54) is 6.42 Å². The average molecular weight is 379 g/mol. The van der Waals surface area contributed by atoms with Gasteiger partial charge in [0.15, 0.2) is 0 Å². The maximum absolute atomic E-state index is 13.2. The molecule has 0 amide bonds. The van der Waals surface area contributed by atoms with E-state index in [1.807, 2.05) is 0 Å². The molecular weight excluding hydrogens is 336 g/mol. The minimum absolute atomic E-state index is 0.0524. The maximum Gasteiger partial charge on any atom is 0.309 e. The number of esters is 1. The van der Waals surface area contributed by atoms with Crippen molar-refractivity contribution in [2.24, 2.45) is 46.8 Å². The van der Waals surface area contributed by atoms with Crippen molar-refractivity contribution in [1.82, 2.24) is 0 Å². The lowest BCUT2D eigenvalue weighted by atomic mass is 9.61. The SMILES string of the molecule is CC(C)C1C2CC(CC2C(=O)OC(C)(C)C2CCC(O)CC2)C1C(C)(C)C. The first-order valence-corrected chi connectivity index (χ1v) is 11.3. The lowest BCUT2D eigenvalue weighted by Gasteiger charge is -2.45. The number of hydrogen-bond acceptors (Lipinski definition) is 3. The van der Waals surface area contributed by atoms with Crippen molar-refractivity contribution in [2.75, 3.05) is 0 Å². The van der Waals surface area contributed by atoms with Crippen LogP contribution in [0.2, 0.25) is 0 Å². The fourth-order valence-electron chi connectivity index (χ4n) is 7.06. The largest absolute Gasteiger partial charge is 0.459 e. The molecule has 3 saturated carbocycles. The Bertz CT molecular complexity index is 536. The van der Waals surface area contributed by atoms with Crippen LogP contribution in [-0.4, -0.2) is 22.8 Å². The van der Waals surface area contributed by atoms with E-state index in [0.717, 1.165) is 38.0 Å².